The molecule has 0 aliphatic heterocycles. The average molecular weight is 359 g/mol. The van der Waals surface area contributed by atoms with Crippen LogP contribution in [0.4, 0.5) is 15.8 Å². The molecule has 25 heavy (non-hydrogen) atoms. The van der Waals surface area contributed by atoms with Gasteiger partial charge in [-0.15, -0.1) is 0 Å². The highest BCUT2D eigenvalue weighted by Gasteiger charge is 2.12. The average Bonchev–Trinajstić information content (AvgIpc) is 3.12. The molecule has 0 spiro atoms. The molecule has 0 atom stereocenters. The summed E-state index contributed by atoms with van der Waals surface area (Å²) < 4.78 is 18.2. The van der Waals surface area contributed by atoms with Crippen molar-refractivity contribution in [2.45, 2.75) is 0 Å². The molecule has 0 radical (unpaired) electrons. The number of amides is 2. The van der Waals surface area contributed by atoms with E-state index in [1.165, 1.54) is 36.6 Å². The Hall–Kier alpha value is -3.12. The third-order valence-corrected chi connectivity index (χ3v) is 3.62. The Labute approximate surface area is 147 Å². The number of carbonyl (C=O) groups excluding carboxylic acids is 2. The number of carbonyl (C=O) groups is 2. The lowest BCUT2D eigenvalue weighted by Crippen LogP contribution is -2.13. The fraction of sp³-hybridized carbons (Fsp3) is 0. The molecule has 1 aromatic heterocycles. The molecule has 0 saturated carbocycles. The second kappa shape index (κ2) is 7.19. The van der Waals surface area contributed by atoms with Crippen molar-refractivity contribution in [2.24, 2.45) is 0 Å². The topological polar surface area (TPSA) is 71.3 Å². The Morgan fingerprint density at radius 1 is 0.960 bits per heavy atom. The zero-order chi connectivity index (χ0) is 17.8. The van der Waals surface area contributed by atoms with E-state index in [1.807, 2.05) is 0 Å². The predicted molar refractivity (Wildman–Crippen MR) is 92.5 cm³/mol. The van der Waals surface area contributed by atoms with E-state index >= 15 is 0 Å². The van der Waals surface area contributed by atoms with E-state index in [0.717, 1.165) is 6.07 Å². The maximum Gasteiger partial charge on any atom is 0.291 e. The highest BCUT2D eigenvalue weighted by molar-refractivity contribution is 6.34. The number of halogens is 2. The van der Waals surface area contributed by atoms with Gasteiger partial charge in [-0.05, 0) is 48.5 Å². The molecule has 5 nitrogen and oxygen atoms in total. The molecule has 2 aromatic carbocycles. The van der Waals surface area contributed by atoms with Crippen LogP contribution in [0.1, 0.15) is 20.9 Å². The quantitative estimate of drug-likeness (QED) is 0.717. The number of benzene rings is 2. The van der Waals surface area contributed by atoms with Crippen LogP contribution in [0.25, 0.3) is 0 Å². The molecule has 126 valence electrons. The maximum atomic E-state index is 13.2. The summed E-state index contributed by atoms with van der Waals surface area (Å²) in [6, 6.07) is 13.1. The summed E-state index contributed by atoms with van der Waals surface area (Å²) in [6.45, 7) is 0. The third-order valence-electron chi connectivity index (χ3n) is 3.31. The summed E-state index contributed by atoms with van der Waals surface area (Å²) in [7, 11) is 0. The van der Waals surface area contributed by atoms with E-state index in [9.17, 15) is 14.0 Å². The lowest BCUT2D eigenvalue weighted by molar-refractivity contribution is 0.0994. The molecular formula is C18H12ClFN2O3. The van der Waals surface area contributed by atoms with Gasteiger partial charge in [0.25, 0.3) is 11.8 Å². The van der Waals surface area contributed by atoms with E-state index in [1.54, 1.807) is 18.2 Å². The highest BCUT2D eigenvalue weighted by Crippen LogP contribution is 2.26. The van der Waals surface area contributed by atoms with Gasteiger partial charge in [0.05, 0.1) is 17.0 Å². The van der Waals surface area contributed by atoms with Gasteiger partial charge < -0.3 is 15.1 Å². The van der Waals surface area contributed by atoms with Crippen molar-refractivity contribution in [1.82, 2.24) is 0 Å². The Morgan fingerprint density at radius 2 is 1.80 bits per heavy atom. The first-order chi connectivity index (χ1) is 12.0. The molecule has 0 saturated heterocycles. The first-order valence-electron chi connectivity index (χ1n) is 7.24. The molecule has 0 aliphatic rings. The molecule has 2 N–H and O–H groups in total. The SMILES string of the molecule is O=C(Nc1ccc(NC(=O)c2ccco2)c(Cl)c1)c1cccc(F)c1. The molecule has 1 heterocycles. The monoisotopic (exact) mass is 358 g/mol. The number of furan rings is 1. The van der Waals surface area contributed by atoms with E-state index in [-0.39, 0.29) is 16.3 Å². The van der Waals surface area contributed by atoms with Gasteiger partial charge in [-0.25, -0.2) is 4.39 Å². The molecule has 7 heteroatoms. The summed E-state index contributed by atoms with van der Waals surface area (Å²) in [4.78, 5) is 24.0. The lowest BCUT2D eigenvalue weighted by Gasteiger charge is -2.09. The van der Waals surface area contributed by atoms with Crippen molar-refractivity contribution >= 4 is 34.8 Å². The first kappa shape index (κ1) is 16.7. The normalized spacial score (nSPS) is 10.3. The molecule has 3 rings (SSSR count). The Kier molecular flexibility index (Phi) is 4.81. The van der Waals surface area contributed by atoms with Crippen molar-refractivity contribution in [3.8, 4) is 0 Å². The van der Waals surface area contributed by atoms with Crippen LogP contribution in [0.5, 0.6) is 0 Å². The highest BCUT2D eigenvalue weighted by atomic mass is 35.5. The maximum absolute atomic E-state index is 13.2. The van der Waals surface area contributed by atoms with Crippen molar-refractivity contribution in [2.75, 3.05) is 10.6 Å². The number of anilines is 2. The first-order valence-corrected chi connectivity index (χ1v) is 7.62. The van der Waals surface area contributed by atoms with Crippen LogP contribution in [-0.2, 0) is 0 Å². The molecule has 0 aliphatic carbocycles. The van der Waals surface area contributed by atoms with Crippen LogP contribution < -0.4 is 10.6 Å². The third kappa shape index (κ3) is 4.05. The lowest BCUT2D eigenvalue weighted by atomic mass is 10.2. The van der Waals surface area contributed by atoms with Crippen molar-refractivity contribution in [3.63, 3.8) is 0 Å². The largest absolute Gasteiger partial charge is 0.459 e. The van der Waals surface area contributed by atoms with Gasteiger partial charge in [-0.2, -0.15) is 0 Å². The van der Waals surface area contributed by atoms with Gasteiger partial charge in [-0.3, -0.25) is 9.59 Å². The van der Waals surface area contributed by atoms with Gasteiger partial charge in [0, 0.05) is 11.3 Å². The standard InChI is InChI=1S/C18H12ClFN2O3/c19-14-10-13(21-17(23)11-3-1-4-12(20)9-11)6-7-15(14)22-18(24)16-5-2-8-25-16/h1-10H,(H,21,23)(H,22,24). The van der Waals surface area contributed by atoms with Crippen LogP contribution >= 0.6 is 11.6 Å². The summed E-state index contributed by atoms with van der Waals surface area (Å²) in [6.07, 6.45) is 1.39. The fourth-order valence-corrected chi connectivity index (χ4v) is 2.35. The Bertz CT molecular complexity index is 926. The molecule has 3 aromatic rings. The minimum atomic E-state index is -0.498. The Morgan fingerprint density at radius 3 is 2.48 bits per heavy atom. The smallest absolute Gasteiger partial charge is 0.291 e. The minimum absolute atomic E-state index is 0.152. The zero-order valence-corrected chi connectivity index (χ0v) is 13.5. The van der Waals surface area contributed by atoms with E-state index in [2.05, 4.69) is 10.6 Å². The van der Waals surface area contributed by atoms with Crippen LogP contribution in [0.3, 0.4) is 0 Å². The molecule has 2 amide bonds. The number of nitrogens with one attached hydrogen (secondary N) is 2. The van der Waals surface area contributed by atoms with Gasteiger partial charge in [0.1, 0.15) is 5.82 Å². The number of hydrogen-bond donors (Lipinski definition) is 2. The Balaban J connectivity index is 1.71. The van der Waals surface area contributed by atoms with Gasteiger partial charge in [-0.1, -0.05) is 17.7 Å². The van der Waals surface area contributed by atoms with Crippen LogP contribution in [0, 0.1) is 5.82 Å². The van der Waals surface area contributed by atoms with E-state index in [0.29, 0.717) is 11.4 Å². The number of hydrogen-bond acceptors (Lipinski definition) is 3. The van der Waals surface area contributed by atoms with Gasteiger partial charge in [0.2, 0.25) is 0 Å². The summed E-state index contributed by atoms with van der Waals surface area (Å²) in [5.41, 5.74) is 0.966. The molecule has 0 fully saturated rings. The van der Waals surface area contributed by atoms with Gasteiger partial charge >= 0.3 is 0 Å². The van der Waals surface area contributed by atoms with E-state index < -0.39 is 17.6 Å². The summed E-state index contributed by atoms with van der Waals surface area (Å²) in [5, 5.41) is 5.45. The van der Waals surface area contributed by atoms with Crippen LogP contribution in [-0.4, -0.2) is 11.8 Å². The molecule has 0 bridgehead atoms. The minimum Gasteiger partial charge on any atom is -0.459 e. The van der Waals surface area contributed by atoms with E-state index in [4.69, 9.17) is 16.0 Å². The number of rotatable bonds is 4. The van der Waals surface area contributed by atoms with Crippen molar-refractivity contribution < 1.29 is 18.4 Å². The van der Waals surface area contributed by atoms with Crippen LogP contribution in [0.15, 0.2) is 65.3 Å². The molecular weight excluding hydrogens is 347 g/mol. The molecule has 0 unspecified atom stereocenters. The van der Waals surface area contributed by atoms with Gasteiger partial charge in [0.15, 0.2) is 5.76 Å². The summed E-state index contributed by atoms with van der Waals surface area (Å²) in [5.74, 6) is -1.26. The zero-order valence-electron chi connectivity index (χ0n) is 12.8. The van der Waals surface area contributed by atoms with Crippen molar-refractivity contribution in [3.05, 3.63) is 83.0 Å². The second-order valence-electron chi connectivity index (χ2n) is 5.09. The predicted octanol–water partition coefficient (Wildman–Crippen LogP) is 4.58. The second-order valence-corrected chi connectivity index (χ2v) is 5.50. The fourth-order valence-electron chi connectivity index (χ4n) is 2.12. The van der Waals surface area contributed by atoms with Crippen LogP contribution in [0.2, 0.25) is 5.02 Å². The van der Waals surface area contributed by atoms with Crippen molar-refractivity contribution in [1.29, 1.82) is 0 Å². The summed E-state index contributed by atoms with van der Waals surface area (Å²) >= 11 is 6.13.